The van der Waals surface area contributed by atoms with E-state index in [4.69, 9.17) is 16.6 Å². The van der Waals surface area contributed by atoms with Crippen LogP contribution in [0, 0.1) is 6.92 Å². The van der Waals surface area contributed by atoms with Gasteiger partial charge >= 0.3 is 0 Å². The Balaban J connectivity index is 1.47. The molecule has 2 aliphatic rings. The Labute approximate surface area is 175 Å². The monoisotopic (exact) mass is 441 g/mol. The highest BCUT2D eigenvalue weighted by Gasteiger charge is 2.30. The fraction of sp³-hybridized carbons (Fsp3) is 0.556. The molecule has 2 fully saturated rings. The molecule has 152 valence electrons. The van der Waals surface area contributed by atoms with Crippen LogP contribution in [0.1, 0.15) is 25.0 Å². The number of piperazine rings is 1. The minimum absolute atomic E-state index is 0.296. The second-order valence-electron chi connectivity index (χ2n) is 7.16. The number of aromatic nitrogens is 2. The second-order valence-corrected chi connectivity index (χ2v) is 11.0. The van der Waals surface area contributed by atoms with Gasteiger partial charge in [0.25, 0.3) is 10.0 Å². The second kappa shape index (κ2) is 8.14. The van der Waals surface area contributed by atoms with E-state index in [2.05, 4.69) is 14.8 Å². The number of thiophene rings is 1. The molecular formula is C18H24ClN5O2S2. The van der Waals surface area contributed by atoms with Gasteiger partial charge < -0.3 is 9.80 Å². The van der Waals surface area contributed by atoms with Crippen molar-refractivity contribution in [3.05, 3.63) is 28.2 Å². The van der Waals surface area contributed by atoms with Crippen molar-refractivity contribution < 1.29 is 8.42 Å². The Hall–Kier alpha value is -1.42. The molecule has 4 heterocycles. The van der Waals surface area contributed by atoms with E-state index < -0.39 is 10.0 Å². The van der Waals surface area contributed by atoms with E-state index in [0.29, 0.717) is 40.7 Å². The number of piperidine rings is 1. The van der Waals surface area contributed by atoms with Gasteiger partial charge in [-0.25, -0.2) is 13.4 Å². The predicted octanol–water partition coefficient (Wildman–Crippen LogP) is 3.00. The van der Waals surface area contributed by atoms with Gasteiger partial charge in [-0.1, -0.05) is 11.6 Å². The third-order valence-corrected chi connectivity index (χ3v) is 8.77. The molecule has 0 radical (unpaired) electrons. The number of nitrogens with zero attached hydrogens (tertiary/aromatic N) is 5. The number of halogens is 1. The van der Waals surface area contributed by atoms with Crippen LogP contribution >= 0.6 is 22.9 Å². The predicted molar refractivity (Wildman–Crippen MR) is 113 cm³/mol. The summed E-state index contributed by atoms with van der Waals surface area (Å²) in [6, 6.07) is 5.23. The minimum Gasteiger partial charge on any atom is -0.356 e. The number of hydrogen-bond donors (Lipinski definition) is 0. The van der Waals surface area contributed by atoms with Crippen LogP contribution in [-0.2, 0) is 10.0 Å². The first kappa shape index (κ1) is 19.9. The van der Waals surface area contributed by atoms with Gasteiger partial charge in [0.1, 0.15) is 10.0 Å². The molecule has 0 bridgehead atoms. The molecule has 2 aromatic heterocycles. The van der Waals surface area contributed by atoms with Crippen molar-refractivity contribution in [2.75, 3.05) is 49.1 Å². The van der Waals surface area contributed by atoms with Gasteiger partial charge in [-0.3, -0.25) is 0 Å². The summed E-state index contributed by atoms with van der Waals surface area (Å²) >= 11 is 7.01. The molecule has 10 heteroatoms. The lowest BCUT2D eigenvalue weighted by Crippen LogP contribution is -2.49. The fourth-order valence-electron chi connectivity index (χ4n) is 3.66. The number of hydrogen-bond acceptors (Lipinski definition) is 7. The Morgan fingerprint density at radius 3 is 2.32 bits per heavy atom. The lowest BCUT2D eigenvalue weighted by atomic mass is 10.1. The maximum absolute atomic E-state index is 12.8. The highest BCUT2D eigenvalue weighted by molar-refractivity contribution is 7.91. The Bertz CT molecular complexity index is 935. The van der Waals surface area contributed by atoms with Crippen molar-refractivity contribution in [1.29, 1.82) is 0 Å². The number of rotatable bonds is 4. The number of sulfonamides is 1. The standard InChI is InChI=1S/C18H24ClN5O2S2/c1-14-13-16(22-7-3-2-4-8-22)21-18(20-14)23-9-11-24(12-10-23)28(25,26)17-6-5-15(19)27-17/h5-6,13H,2-4,7-12H2,1H3. The minimum atomic E-state index is -3.49. The molecule has 0 amide bonds. The van der Waals surface area contributed by atoms with Gasteiger partial charge in [-0.05, 0) is 38.3 Å². The van der Waals surface area contributed by atoms with Crippen LogP contribution in [0.2, 0.25) is 4.34 Å². The molecule has 0 atom stereocenters. The van der Waals surface area contributed by atoms with Crippen molar-refractivity contribution in [1.82, 2.24) is 14.3 Å². The van der Waals surface area contributed by atoms with E-state index in [9.17, 15) is 8.42 Å². The normalized spacial score (nSPS) is 19.2. The van der Waals surface area contributed by atoms with Crippen LogP contribution in [0.5, 0.6) is 0 Å². The van der Waals surface area contributed by atoms with Gasteiger partial charge in [0.15, 0.2) is 0 Å². The van der Waals surface area contributed by atoms with Gasteiger partial charge in [-0.2, -0.15) is 9.29 Å². The quantitative estimate of drug-likeness (QED) is 0.726. The van der Waals surface area contributed by atoms with Crippen molar-refractivity contribution in [3.8, 4) is 0 Å². The summed E-state index contributed by atoms with van der Waals surface area (Å²) in [6.07, 6.45) is 3.67. The van der Waals surface area contributed by atoms with Crippen LogP contribution < -0.4 is 9.80 Å². The zero-order valence-electron chi connectivity index (χ0n) is 15.8. The molecule has 2 aliphatic heterocycles. The fourth-order valence-corrected chi connectivity index (χ4v) is 6.71. The SMILES string of the molecule is Cc1cc(N2CCCCC2)nc(N2CCN(S(=O)(=O)c3ccc(Cl)s3)CC2)n1. The summed E-state index contributed by atoms with van der Waals surface area (Å²) in [5.41, 5.74) is 0.939. The maximum atomic E-state index is 12.8. The number of aryl methyl sites for hydroxylation is 1. The van der Waals surface area contributed by atoms with Crippen LogP contribution in [0.25, 0.3) is 0 Å². The smallest absolute Gasteiger partial charge is 0.252 e. The van der Waals surface area contributed by atoms with Gasteiger partial charge in [0.05, 0.1) is 4.34 Å². The Kier molecular flexibility index (Phi) is 5.78. The third kappa shape index (κ3) is 4.12. The molecule has 28 heavy (non-hydrogen) atoms. The molecule has 0 saturated carbocycles. The molecule has 0 aliphatic carbocycles. The van der Waals surface area contributed by atoms with Crippen molar-refractivity contribution >= 4 is 44.7 Å². The van der Waals surface area contributed by atoms with Gasteiger partial charge in [-0.15, -0.1) is 11.3 Å². The van der Waals surface area contributed by atoms with E-state index in [-0.39, 0.29) is 0 Å². The van der Waals surface area contributed by atoms with Crippen LogP contribution in [0.15, 0.2) is 22.4 Å². The summed E-state index contributed by atoms with van der Waals surface area (Å²) in [6.45, 7) is 6.02. The molecule has 0 aromatic carbocycles. The van der Waals surface area contributed by atoms with Gasteiger partial charge in [0, 0.05) is 51.0 Å². The summed E-state index contributed by atoms with van der Waals surface area (Å²) in [4.78, 5) is 13.8. The van der Waals surface area contributed by atoms with Crippen molar-refractivity contribution in [2.24, 2.45) is 0 Å². The maximum Gasteiger partial charge on any atom is 0.252 e. The molecule has 2 aromatic rings. The van der Waals surface area contributed by atoms with Crippen LogP contribution in [-0.4, -0.2) is 62.0 Å². The lowest BCUT2D eigenvalue weighted by Gasteiger charge is -2.34. The third-order valence-electron chi connectivity index (χ3n) is 5.17. The topological polar surface area (TPSA) is 69.6 Å². The first-order chi connectivity index (χ1) is 13.4. The largest absolute Gasteiger partial charge is 0.356 e. The van der Waals surface area contributed by atoms with Crippen LogP contribution in [0.4, 0.5) is 11.8 Å². The summed E-state index contributed by atoms with van der Waals surface area (Å²) in [5, 5.41) is 0. The average molecular weight is 442 g/mol. The van der Waals surface area contributed by atoms with Gasteiger partial charge in [0.2, 0.25) is 5.95 Å². The highest BCUT2D eigenvalue weighted by Crippen LogP contribution is 2.29. The van der Waals surface area contributed by atoms with Crippen molar-refractivity contribution in [2.45, 2.75) is 30.4 Å². The van der Waals surface area contributed by atoms with Crippen molar-refractivity contribution in [3.63, 3.8) is 0 Å². The molecule has 4 rings (SSSR count). The summed E-state index contributed by atoms with van der Waals surface area (Å²) < 4.78 is 27.9. The summed E-state index contributed by atoms with van der Waals surface area (Å²) in [5.74, 6) is 1.67. The number of anilines is 2. The van der Waals surface area contributed by atoms with E-state index in [0.717, 1.165) is 35.9 Å². The van der Waals surface area contributed by atoms with E-state index in [1.54, 1.807) is 12.1 Å². The van der Waals surface area contributed by atoms with E-state index in [1.165, 1.54) is 23.6 Å². The zero-order valence-corrected chi connectivity index (χ0v) is 18.2. The zero-order chi connectivity index (χ0) is 19.7. The molecule has 0 spiro atoms. The van der Waals surface area contributed by atoms with Crippen LogP contribution in [0.3, 0.4) is 0 Å². The molecule has 2 saturated heterocycles. The molecular weight excluding hydrogens is 418 g/mol. The van der Waals surface area contributed by atoms with E-state index in [1.807, 2.05) is 13.0 Å². The lowest BCUT2D eigenvalue weighted by molar-refractivity contribution is 0.383. The summed E-state index contributed by atoms with van der Waals surface area (Å²) in [7, 11) is -3.49. The average Bonchev–Trinajstić information content (AvgIpc) is 3.15. The molecule has 0 unspecified atom stereocenters. The Morgan fingerprint density at radius 2 is 1.68 bits per heavy atom. The van der Waals surface area contributed by atoms with E-state index >= 15 is 0 Å². The first-order valence-electron chi connectivity index (χ1n) is 9.54. The Morgan fingerprint density at radius 1 is 0.964 bits per heavy atom. The first-order valence-corrected chi connectivity index (χ1v) is 12.2. The highest BCUT2D eigenvalue weighted by atomic mass is 35.5. The molecule has 0 N–H and O–H groups in total. The molecule has 7 nitrogen and oxygen atoms in total.